The molecule has 20 aromatic carbocycles. The van der Waals surface area contributed by atoms with Gasteiger partial charge in [-0.1, -0.05) is 400 Å². The zero-order valence-corrected chi connectivity index (χ0v) is 69.1. The van der Waals surface area contributed by atoms with Crippen LogP contribution in [-0.4, -0.2) is 39.0 Å². The van der Waals surface area contributed by atoms with Crippen LogP contribution in [0.15, 0.2) is 437 Å². The van der Waals surface area contributed by atoms with Gasteiger partial charge in [0, 0.05) is 54.9 Å². The predicted octanol–water partition coefficient (Wildman–Crippen LogP) is 29.2. The van der Waals surface area contributed by atoms with E-state index < -0.39 is 10.8 Å². The average molecular weight is 1630 g/mol. The fraction of sp³-hybridized carbons (Fsp3) is 0.0167. The molecule has 8 nitrogen and oxygen atoms in total. The summed E-state index contributed by atoms with van der Waals surface area (Å²) in [5, 5.41) is 14.1. The SMILES string of the molecule is c1ccc2c(c1)-c1ccc(-c3ccc(-c4nc(-c5cccc6ccccc56)nc(-c5cccc6ccccc56)n4)cc3)cc1C21c2ccccc2-n2c3ccccc3c3cccc1c32.c1ccc2c(c1)-c1ccccc1C21c2ccccc2-n2c3ccc(-c4ccc(-c5nc(-c6cccc7ccccc67)nc(-c6cccc7ccccc67)n5)cc4)cc3c3cccc1c32. The molecule has 8 heteroatoms. The summed E-state index contributed by atoms with van der Waals surface area (Å²) in [6.07, 6.45) is 0. The van der Waals surface area contributed by atoms with Gasteiger partial charge in [-0.25, -0.2) is 29.9 Å². The van der Waals surface area contributed by atoms with Crippen molar-refractivity contribution in [1.29, 1.82) is 0 Å². The second kappa shape index (κ2) is 27.8. The summed E-state index contributed by atoms with van der Waals surface area (Å²) in [4.78, 5) is 31.2. The van der Waals surface area contributed by atoms with E-state index in [2.05, 4.69) is 446 Å². The molecule has 2 aliphatic heterocycles. The molecule has 4 aliphatic rings. The highest BCUT2D eigenvalue weighted by Crippen LogP contribution is 2.64. The minimum Gasteiger partial charge on any atom is -0.309 e. The van der Waals surface area contributed by atoms with E-state index in [0.717, 1.165) is 98.7 Å². The topological polar surface area (TPSA) is 87.2 Å². The summed E-state index contributed by atoms with van der Waals surface area (Å²) < 4.78 is 5.02. The van der Waals surface area contributed by atoms with Crippen LogP contribution in [0, 0.1) is 0 Å². The maximum atomic E-state index is 5.21. The molecule has 592 valence electrons. The van der Waals surface area contributed by atoms with Gasteiger partial charge in [0.2, 0.25) is 0 Å². The van der Waals surface area contributed by atoms with Crippen molar-refractivity contribution < 1.29 is 0 Å². The van der Waals surface area contributed by atoms with E-state index in [1.165, 1.54) is 122 Å². The third-order valence-corrected chi connectivity index (χ3v) is 27.7. The maximum Gasteiger partial charge on any atom is 0.164 e. The summed E-state index contributed by atoms with van der Waals surface area (Å²) in [5.74, 6) is 3.89. The predicted molar refractivity (Wildman–Crippen MR) is 524 cm³/mol. The van der Waals surface area contributed by atoms with Gasteiger partial charge < -0.3 is 9.13 Å². The molecule has 1 atom stereocenters. The molecule has 4 aromatic heterocycles. The maximum absolute atomic E-state index is 5.21. The third-order valence-electron chi connectivity index (χ3n) is 27.7. The van der Waals surface area contributed by atoms with E-state index >= 15 is 0 Å². The van der Waals surface area contributed by atoms with E-state index in [4.69, 9.17) is 29.9 Å². The van der Waals surface area contributed by atoms with E-state index in [0.29, 0.717) is 34.9 Å². The van der Waals surface area contributed by atoms with Gasteiger partial charge in [-0.2, -0.15) is 0 Å². The zero-order chi connectivity index (χ0) is 83.9. The minimum atomic E-state index is -0.511. The lowest BCUT2D eigenvalue weighted by Gasteiger charge is -2.39. The molecule has 1 unspecified atom stereocenters. The number of hydrogen-bond donors (Lipinski definition) is 0. The number of aromatic nitrogens is 8. The van der Waals surface area contributed by atoms with Gasteiger partial charge in [0.15, 0.2) is 34.9 Å². The Labute approximate surface area is 737 Å². The first-order valence-corrected chi connectivity index (χ1v) is 43.9. The molecule has 2 aliphatic carbocycles. The van der Waals surface area contributed by atoms with E-state index in [1.807, 2.05) is 0 Å². The highest BCUT2D eigenvalue weighted by Gasteiger charge is 2.53. The van der Waals surface area contributed by atoms with Crippen LogP contribution in [0.5, 0.6) is 0 Å². The van der Waals surface area contributed by atoms with Crippen LogP contribution >= 0.6 is 0 Å². The van der Waals surface area contributed by atoms with Crippen LogP contribution in [0.1, 0.15) is 44.5 Å². The molecule has 0 bridgehead atoms. The minimum absolute atomic E-state index is 0.428. The first kappa shape index (κ1) is 71.6. The summed E-state index contributed by atoms with van der Waals surface area (Å²) in [7, 11) is 0. The molecule has 0 saturated heterocycles. The van der Waals surface area contributed by atoms with Crippen LogP contribution in [0.4, 0.5) is 0 Å². The Morgan fingerprint density at radius 3 is 0.867 bits per heavy atom. The quantitative estimate of drug-likeness (QED) is 0.151. The number of nitrogens with zero attached hydrogens (tertiary/aromatic N) is 8. The van der Waals surface area contributed by atoms with Crippen LogP contribution in [0.3, 0.4) is 0 Å². The summed E-state index contributed by atoms with van der Waals surface area (Å²) in [5.41, 5.74) is 32.7. The van der Waals surface area contributed by atoms with Gasteiger partial charge in [0.1, 0.15) is 0 Å². The van der Waals surface area contributed by atoms with Crippen LogP contribution in [0.2, 0.25) is 0 Å². The Morgan fingerprint density at radius 2 is 0.430 bits per heavy atom. The molecule has 0 radical (unpaired) electrons. The Hall–Kier alpha value is -16.9. The molecule has 24 aromatic rings. The Kier molecular flexibility index (Phi) is 15.5. The standard InChI is InChI=1S/2C60H36N4/c1-3-18-42-38(14-1)16-11-23-48(42)58-61-57(62-59(63-58)49-24-12-17-39-15-2-4-19-43(39)49)40-32-30-37(31-33-40)41-34-35-45-44-20-5-7-25-50(44)60(53(45)36-41)51-26-8-10-29-55(51)64-54-28-9-6-21-46(54)47-22-13-27-52(60)56(47)64;1-3-18-42-38(14-1)16-11-23-47(42)58-61-57(62-59(63-58)48-24-12-17-39-15-2-4-19-43(39)48)40-32-30-37(31-33-40)41-34-35-54-49(36-41)46-22-13-28-53-56(46)64(54)55-29-10-9-27-52(55)60(53)50-25-7-5-20-44(50)45-21-6-8-26-51(45)60/h2*1-36H. The van der Waals surface area contributed by atoms with Crippen molar-refractivity contribution in [3.8, 4) is 124 Å². The number of para-hydroxylation sites is 5. The molecule has 0 saturated carbocycles. The van der Waals surface area contributed by atoms with Crippen LogP contribution in [0.25, 0.3) is 211 Å². The fourth-order valence-corrected chi connectivity index (χ4v) is 22.3. The molecule has 0 fully saturated rings. The Balaban J connectivity index is 0.000000132. The zero-order valence-electron chi connectivity index (χ0n) is 69.1. The van der Waals surface area contributed by atoms with Crippen LogP contribution < -0.4 is 0 Å². The third kappa shape index (κ3) is 10.3. The number of fused-ring (bicyclic) bond motifs is 28. The van der Waals surface area contributed by atoms with Gasteiger partial charge in [-0.15, -0.1) is 0 Å². The van der Waals surface area contributed by atoms with Crippen molar-refractivity contribution in [2.24, 2.45) is 0 Å². The Morgan fingerprint density at radius 1 is 0.156 bits per heavy atom. The average Bonchev–Trinajstić information content (AvgIpc) is 1.49. The second-order valence-electron chi connectivity index (χ2n) is 34.1. The van der Waals surface area contributed by atoms with E-state index in [9.17, 15) is 0 Å². The van der Waals surface area contributed by atoms with Gasteiger partial charge in [0.25, 0.3) is 0 Å². The van der Waals surface area contributed by atoms with Crippen molar-refractivity contribution in [2.45, 2.75) is 10.8 Å². The highest BCUT2D eigenvalue weighted by atomic mass is 15.1. The number of benzene rings is 20. The second-order valence-corrected chi connectivity index (χ2v) is 34.1. The summed E-state index contributed by atoms with van der Waals surface area (Å²) in [6, 6.07) is 158. The monoisotopic (exact) mass is 1620 g/mol. The molecule has 6 heterocycles. The smallest absolute Gasteiger partial charge is 0.164 e. The lowest BCUT2D eigenvalue weighted by Crippen LogP contribution is -2.33. The largest absolute Gasteiger partial charge is 0.309 e. The van der Waals surface area contributed by atoms with Gasteiger partial charge >= 0.3 is 0 Å². The molecule has 2 spiro atoms. The van der Waals surface area contributed by atoms with Crippen LogP contribution in [-0.2, 0) is 10.8 Å². The first-order valence-electron chi connectivity index (χ1n) is 43.9. The molecule has 28 rings (SSSR count). The van der Waals surface area contributed by atoms with E-state index in [1.54, 1.807) is 0 Å². The molecule has 0 N–H and O–H groups in total. The van der Waals surface area contributed by atoms with Gasteiger partial charge in [0.05, 0.1) is 44.3 Å². The number of rotatable bonds is 8. The molecule has 0 amide bonds. The van der Waals surface area contributed by atoms with Crippen molar-refractivity contribution in [3.05, 3.63) is 481 Å². The molecule has 128 heavy (non-hydrogen) atoms. The fourth-order valence-electron chi connectivity index (χ4n) is 22.3. The molecular formula is C120H72N8. The Bertz CT molecular complexity index is 8600. The molecular weight excluding hydrogens is 1550 g/mol. The van der Waals surface area contributed by atoms with Crippen molar-refractivity contribution in [3.63, 3.8) is 0 Å². The lowest BCUT2D eigenvalue weighted by molar-refractivity contribution is 0.748. The van der Waals surface area contributed by atoms with Crippen molar-refractivity contribution in [1.82, 2.24) is 39.0 Å². The first-order chi connectivity index (χ1) is 63.5. The summed E-state index contributed by atoms with van der Waals surface area (Å²) >= 11 is 0. The van der Waals surface area contributed by atoms with Gasteiger partial charge in [-0.3, -0.25) is 0 Å². The summed E-state index contributed by atoms with van der Waals surface area (Å²) in [6.45, 7) is 0. The van der Waals surface area contributed by atoms with Crippen molar-refractivity contribution in [2.75, 3.05) is 0 Å². The number of hydrogen-bond acceptors (Lipinski definition) is 6. The lowest BCUT2D eigenvalue weighted by atomic mass is 9.65. The van der Waals surface area contributed by atoms with Gasteiger partial charge in [-0.05, 0) is 169 Å². The normalized spacial score (nSPS) is 13.9. The van der Waals surface area contributed by atoms with E-state index in [-0.39, 0.29) is 0 Å². The van der Waals surface area contributed by atoms with Crippen molar-refractivity contribution >= 4 is 86.7 Å². The highest BCUT2D eigenvalue weighted by molar-refractivity contribution is 6.16.